The summed E-state index contributed by atoms with van der Waals surface area (Å²) in [5.74, 6) is 0.673. The van der Waals surface area contributed by atoms with Crippen molar-refractivity contribution >= 4 is 17.8 Å². The molecular weight excluding hydrogens is 420 g/mol. The van der Waals surface area contributed by atoms with Crippen molar-refractivity contribution in [1.82, 2.24) is 10.2 Å². The van der Waals surface area contributed by atoms with Crippen molar-refractivity contribution in [3.05, 3.63) is 59.7 Å². The van der Waals surface area contributed by atoms with Crippen molar-refractivity contribution in [3.63, 3.8) is 0 Å². The molecule has 2 amide bonds. The van der Waals surface area contributed by atoms with Gasteiger partial charge in [-0.1, -0.05) is 38.1 Å². The molecule has 0 bridgehead atoms. The highest BCUT2D eigenvalue weighted by molar-refractivity contribution is 5.95. The van der Waals surface area contributed by atoms with Gasteiger partial charge in [-0.05, 0) is 55.5 Å². The molecule has 2 aromatic carbocycles. The van der Waals surface area contributed by atoms with Crippen LogP contribution in [0.5, 0.6) is 11.5 Å². The van der Waals surface area contributed by atoms with E-state index in [4.69, 9.17) is 9.47 Å². The predicted octanol–water partition coefficient (Wildman–Crippen LogP) is 3.92. The summed E-state index contributed by atoms with van der Waals surface area (Å²) in [7, 11) is 0. The van der Waals surface area contributed by atoms with Crippen LogP contribution in [-0.2, 0) is 9.59 Å². The van der Waals surface area contributed by atoms with Crippen LogP contribution in [0, 0.1) is 0 Å². The van der Waals surface area contributed by atoms with Crippen molar-refractivity contribution in [2.45, 2.75) is 58.6 Å². The van der Waals surface area contributed by atoms with Crippen LogP contribution in [0.4, 0.5) is 0 Å². The van der Waals surface area contributed by atoms with Gasteiger partial charge in [-0.2, -0.15) is 0 Å². The minimum atomic E-state index is -0.583. The topological polar surface area (TPSA) is 84.9 Å². The second-order valence-electron chi connectivity index (χ2n) is 8.65. The number of piperidine rings is 1. The van der Waals surface area contributed by atoms with Crippen LogP contribution >= 0.6 is 0 Å². The highest BCUT2D eigenvalue weighted by Crippen LogP contribution is 2.27. The number of hydrogen-bond donors (Lipinski definition) is 1. The number of ether oxygens (including phenoxy) is 2. The molecule has 33 heavy (non-hydrogen) atoms. The third-order valence-electron chi connectivity index (χ3n) is 5.69. The first-order valence-corrected chi connectivity index (χ1v) is 11.4. The number of amides is 2. The fourth-order valence-electron chi connectivity index (χ4n) is 3.94. The van der Waals surface area contributed by atoms with Gasteiger partial charge >= 0.3 is 5.97 Å². The zero-order valence-corrected chi connectivity index (χ0v) is 19.7. The van der Waals surface area contributed by atoms with E-state index in [1.165, 1.54) is 6.92 Å². The molecule has 0 aromatic heterocycles. The highest BCUT2D eigenvalue weighted by Gasteiger charge is 2.28. The van der Waals surface area contributed by atoms with Gasteiger partial charge in [-0.3, -0.25) is 14.4 Å². The maximum Gasteiger partial charge on any atom is 0.308 e. The minimum absolute atomic E-state index is 0.0307. The molecule has 7 nitrogen and oxygen atoms in total. The lowest BCUT2D eigenvalue weighted by atomic mass is 10.0. The van der Waals surface area contributed by atoms with E-state index >= 15 is 0 Å². The molecule has 1 fully saturated rings. The Kier molecular flexibility index (Phi) is 8.09. The summed E-state index contributed by atoms with van der Waals surface area (Å²) in [6, 6.07) is 14.3. The molecule has 3 rings (SSSR count). The van der Waals surface area contributed by atoms with Crippen molar-refractivity contribution in [3.8, 4) is 11.5 Å². The van der Waals surface area contributed by atoms with E-state index in [1.807, 2.05) is 24.3 Å². The number of rotatable bonds is 7. The van der Waals surface area contributed by atoms with Gasteiger partial charge in [0.05, 0.1) is 0 Å². The van der Waals surface area contributed by atoms with Gasteiger partial charge in [0.15, 0.2) is 6.10 Å². The zero-order valence-electron chi connectivity index (χ0n) is 19.7. The predicted molar refractivity (Wildman–Crippen MR) is 125 cm³/mol. The normalized spacial score (nSPS) is 15.1. The number of carbonyl (C=O) groups is 3. The fourth-order valence-corrected chi connectivity index (χ4v) is 3.94. The van der Waals surface area contributed by atoms with Crippen LogP contribution in [0.15, 0.2) is 48.5 Å². The van der Waals surface area contributed by atoms with Crippen molar-refractivity contribution in [2.75, 3.05) is 13.1 Å². The van der Waals surface area contributed by atoms with E-state index in [9.17, 15) is 14.4 Å². The molecule has 1 unspecified atom stereocenters. The quantitative estimate of drug-likeness (QED) is 0.508. The first-order valence-electron chi connectivity index (χ1n) is 11.4. The number of carbonyl (C=O) groups excluding carboxylic acids is 3. The van der Waals surface area contributed by atoms with Gasteiger partial charge in [0.25, 0.3) is 11.8 Å². The third-order valence-corrected chi connectivity index (χ3v) is 5.69. The largest absolute Gasteiger partial charge is 0.481 e. The van der Waals surface area contributed by atoms with Crippen LogP contribution in [-0.4, -0.2) is 47.9 Å². The summed E-state index contributed by atoms with van der Waals surface area (Å²) in [6.45, 7) is 8.40. The van der Waals surface area contributed by atoms with Crippen LogP contribution in [0.3, 0.4) is 0 Å². The van der Waals surface area contributed by atoms with Gasteiger partial charge in [0.2, 0.25) is 0 Å². The Bertz CT molecular complexity index is 996. The van der Waals surface area contributed by atoms with E-state index < -0.39 is 12.1 Å². The Morgan fingerprint density at radius 3 is 2.36 bits per heavy atom. The monoisotopic (exact) mass is 452 g/mol. The van der Waals surface area contributed by atoms with E-state index in [0.29, 0.717) is 43.2 Å². The van der Waals surface area contributed by atoms with Gasteiger partial charge in [-0.25, -0.2) is 0 Å². The van der Waals surface area contributed by atoms with Gasteiger partial charge in [-0.15, -0.1) is 0 Å². The van der Waals surface area contributed by atoms with E-state index in [1.54, 1.807) is 36.1 Å². The highest BCUT2D eigenvalue weighted by atomic mass is 16.5. The number of nitrogens with zero attached hydrogens (tertiary/aromatic N) is 1. The smallest absolute Gasteiger partial charge is 0.308 e. The molecule has 1 aliphatic heterocycles. The number of likely N-dealkylation sites (tertiary alicyclic amines) is 1. The van der Waals surface area contributed by atoms with E-state index in [-0.39, 0.29) is 17.9 Å². The molecule has 1 saturated heterocycles. The fraction of sp³-hybridized carbons (Fsp3) is 0.423. The van der Waals surface area contributed by atoms with Gasteiger partial charge in [0, 0.05) is 31.6 Å². The number of benzene rings is 2. The number of hydrogen-bond acceptors (Lipinski definition) is 5. The SMILES string of the molecule is CC(=O)Oc1cccc(C(=O)NC2CCN(C(=O)C(C)Oc3ccccc3C(C)C)CC2)c1. The Morgan fingerprint density at radius 1 is 1.00 bits per heavy atom. The van der Waals surface area contributed by atoms with Crippen molar-refractivity contribution < 1.29 is 23.9 Å². The van der Waals surface area contributed by atoms with Crippen LogP contribution in [0.25, 0.3) is 0 Å². The number of nitrogens with one attached hydrogen (secondary N) is 1. The summed E-state index contributed by atoms with van der Waals surface area (Å²) in [4.78, 5) is 38.5. The first kappa shape index (κ1) is 24.3. The zero-order chi connectivity index (χ0) is 24.0. The standard InChI is InChI=1S/C26H32N2O5/c1-17(2)23-10-5-6-11-24(23)32-18(3)26(31)28-14-12-21(13-15-28)27-25(30)20-8-7-9-22(16-20)33-19(4)29/h5-11,16-18,21H,12-15H2,1-4H3,(H,27,30). The van der Waals surface area contributed by atoms with E-state index in [2.05, 4.69) is 19.2 Å². The molecule has 1 N–H and O–H groups in total. The second-order valence-corrected chi connectivity index (χ2v) is 8.65. The molecule has 0 aliphatic carbocycles. The number of esters is 1. The van der Waals surface area contributed by atoms with Gasteiger partial charge < -0.3 is 19.7 Å². The first-order chi connectivity index (χ1) is 15.7. The molecule has 0 radical (unpaired) electrons. The summed E-state index contributed by atoms with van der Waals surface area (Å²) in [6.07, 6.45) is 0.743. The third kappa shape index (κ3) is 6.57. The average Bonchev–Trinajstić information content (AvgIpc) is 2.79. The maximum atomic E-state index is 12.9. The minimum Gasteiger partial charge on any atom is -0.481 e. The van der Waals surface area contributed by atoms with Gasteiger partial charge in [0.1, 0.15) is 11.5 Å². The Morgan fingerprint density at radius 2 is 1.70 bits per heavy atom. The summed E-state index contributed by atoms with van der Waals surface area (Å²) in [5.41, 5.74) is 1.51. The average molecular weight is 453 g/mol. The van der Waals surface area contributed by atoms with Crippen molar-refractivity contribution in [1.29, 1.82) is 0 Å². The summed E-state index contributed by atoms with van der Waals surface area (Å²) >= 11 is 0. The molecular formula is C26H32N2O5. The molecule has 0 saturated carbocycles. The lowest BCUT2D eigenvalue weighted by Crippen LogP contribution is -2.49. The second kappa shape index (κ2) is 11.0. The molecule has 2 aromatic rings. The molecule has 0 spiro atoms. The Labute approximate surface area is 195 Å². The van der Waals surface area contributed by atoms with E-state index in [0.717, 1.165) is 11.3 Å². The number of para-hydroxylation sites is 1. The van der Waals surface area contributed by atoms with Crippen LogP contribution < -0.4 is 14.8 Å². The molecule has 1 aliphatic rings. The maximum absolute atomic E-state index is 12.9. The lowest BCUT2D eigenvalue weighted by Gasteiger charge is -2.34. The Hall–Kier alpha value is -3.35. The van der Waals surface area contributed by atoms with Crippen LogP contribution in [0.1, 0.15) is 62.4 Å². The molecule has 176 valence electrons. The van der Waals surface area contributed by atoms with Crippen molar-refractivity contribution in [2.24, 2.45) is 0 Å². The summed E-state index contributed by atoms with van der Waals surface area (Å²) in [5, 5.41) is 3.02. The molecule has 1 atom stereocenters. The molecule has 7 heteroatoms. The van der Waals surface area contributed by atoms with Crippen LogP contribution in [0.2, 0.25) is 0 Å². The molecule has 1 heterocycles. The Balaban J connectivity index is 1.52. The summed E-state index contributed by atoms with van der Waals surface area (Å²) < 4.78 is 11.1. The lowest BCUT2D eigenvalue weighted by molar-refractivity contribution is -0.139.